The van der Waals surface area contributed by atoms with Crippen LogP contribution in [0.15, 0.2) is 84.9 Å². The van der Waals surface area contributed by atoms with E-state index in [9.17, 15) is 0 Å². The minimum atomic E-state index is 0.0349. The molecule has 0 aliphatic heterocycles. The molecule has 5 nitrogen and oxygen atoms in total. The number of fused-ring (bicyclic) bond motifs is 1. The van der Waals surface area contributed by atoms with Crippen molar-refractivity contribution in [1.82, 2.24) is 9.55 Å². The van der Waals surface area contributed by atoms with Crippen LogP contribution in [0.25, 0.3) is 10.9 Å². The Bertz CT molecular complexity index is 1130. The van der Waals surface area contributed by atoms with Crippen molar-refractivity contribution in [3.05, 3.63) is 96.1 Å². The molecule has 27 heavy (non-hydrogen) atoms. The summed E-state index contributed by atoms with van der Waals surface area (Å²) in [6.45, 7) is 0.635. The fraction of sp³-hybridized carbons (Fsp3) is 0.0455. The molecule has 0 bridgehead atoms. The number of aromatic nitrogens is 2. The van der Waals surface area contributed by atoms with Crippen LogP contribution in [0, 0.1) is 10.8 Å². The molecule has 0 aliphatic rings. The third-order valence-electron chi connectivity index (χ3n) is 4.48. The van der Waals surface area contributed by atoms with Crippen LogP contribution in [-0.2, 0) is 6.54 Å². The lowest BCUT2D eigenvalue weighted by atomic mass is 10.1. The van der Waals surface area contributed by atoms with E-state index in [4.69, 9.17) is 10.8 Å². The third kappa shape index (κ3) is 3.22. The predicted molar refractivity (Wildman–Crippen MR) is 108 cm³/mol. The summed E-state index contributed by atoms with van der Waals surface area (Å²) in [5, 5.41) is 16.9. The smallest absolute Gasteiger partial charge is 0.229 e. The standard InChI is InChI=1S/C22H19N5/c23-16-27-20-14-8-7-13-19(20)21(25-22(27)24)26(18-11-5-2-6-12-18)15-17-9-3-1-4-10-17/h1-14,16,23-24H,15H2. The molecule has 0 fully saturated rings. The fourth-order valence-corrected chi connectivity index (χ4v) is 3.20. The van der Waals surface area contributed by atoms with E-state index < -0.39 is 0 Å². The lowest BCUT2D eigenvalue weighted by molar-refractivity contribution is 0.883. The zero-order valence-corrected chi connectivity index (χ0v) is 14.7. The average Bonchev–Trinajstić information content (AvgIpc) is 2.73. The zero-order valence-electron chi connectivity index (χ0n) is 14.7. The molecule has 0 atom stereocenters. The number of benzene rings is 3. The SMILES string of the molecule is N=Cn1c(=N)nc(N(Cc2ccccc2)c2ccccc2)c2ccccc21. The van der Waals surface area contributed by atoms with E-state index in [1.807, 2.05) is 72.8 Å². The second-order valence-corrected chi connectivity index (χ2v) is 6.18. The van der Waals surface area contributed by atoms with Gasteiger partial charge in [0.25, 0.3) is 0 Å². The number of para-hydroxylation sites is 2. The van der Waals surface area contributed by atoms with E-state index >= 15 is 0 Å². The lowest BCUT2D eigenvalue weighted by Gasteiger charge is -2.26. The van der Waals surface area contributed by atoms with Gasteiger partial charge in [-0.05, 0) is 29.8 Å². The molecule has 0 spiro atoms. The average molecular weight is 353 g/mol. The molecule has 2 N–H and O–H groups in total. The molecule has 0 radical (unpaired) electrons. The van der Waals surface area contributed by atoms with Crippen molar-refractivity contribution < 1.29 is 0 Å². The van der Waals surface area contributed by atoms with E-state index in [1.165, 1.54) is 4.57 Å². The van der Waals surface area contributed by atoms with Gasteiger partial charge in [-0.25, -0.2) is 0 Å². The van der Waals surface area contributed by atoms with Crippen LogP contribution in [-0.4, -0.2) is 15.9 Å². The van der Waals surface area contributed by atoms with Gasteiger partial charge >= 0.3 is 0 Å². The predicted octanol–water partition coefficient (Wildman–Crippen LogP) is 4.31. The normalized spacial score (nSPS) is 10.7. The molecule has 4 rings (SSSR count). The van der Waals surface area contributed by atoms with Crippen molar-refractivity contribution in [3.63, 3.8) is 0 Å². The maximum absolute atomic E-state index is 8.30. The largest absolute Gasteiger partial charge is 0.321 e. The molecular weight excluding hydrogens is 334 g/mol. The van der Waals surface area contributed by atoms with Crippen molar-refractivity contribution >= 4 is 28.7 Å². The maximum Gasteiger partial charge on any atom is 0.229 e. The summed E-state index contributed by atoms with van der Waals surface area (Å²) in [6, 6.07) is 28.0. The van der Waals surface area contributed by atoms with Crippen molar-refractivity contribution in [2.75, 3.05) is 4.90 Å². The Morgan fingerprint density at radius 1 is 0.852 bits per heavy atom. The lowest BCUT2D eigenvalue weighted by Crippen LogP contribution is -2.28. The summed E-state index contributed by atoms with van der Waals surface area (Å²) in [5.74, 6) is 0.712. The van der Waals surface area contributed by atoms with Crippen LogP contribution in [0.5, 0.6) is 0 Å². The van der Waals surface area contributed by atoms with E-state index in [1.54, 1.807) is 0 Å². The number of hydrogen-bond donors (Lipinski definition) is 2. The van der Waals surface area contributed by atoms with Crippen LogP contribution >= 0.6 is 0 Å². The van der Waals surface area contributed by atoms with Gasteiger partial charge in [0.05, 0.1) is 11.9 Å². The zero-order chi connectivity index (χ0) is 18.6. The van der Waals surface area contributed by atoms with E-state index in [0.29, 0.717) is 12.4 Å². The van der Waals surface area contributed by atoms with Crippen LogP contribution in [0.4, 0.5) is 11.5 Å². The Balaban J connectivity index is 1.95. The number of anilines is 2. The molecule has 0 unspecified atom stereocenters. The summed E-state index contributed by atoms with van der Waals surface area (Å²) >= 11 is 0. The third-order valence-corrected chi connectivity index (χ3v) is 4.48. The van der Waals surface area contributed by atoms with Crippen molar-refractivity contribution in [2.45, 2.75) is 6.54 Å². The molecule has 1 heterocycles. The second kappa shape index (κ2) is 7.25. The second-order valence-electron chi connectivity index (χ2n) is 6.18. The minimum Gasteiger partial charge on any atom is -0.321 e. The van der Waals surface area contributed by atoms with E-state index in [2.05, 4.69) is 22.0 Å². The molecule has 3 aromatic carbocycles. The first-order valence-corrected chi connectivity index (χ1v) is 8.71. The van der Waals surface area contributed by atoms with Gasteiger partial charge in [0.2, 0.25) is 5.62 Å². The van der Waals surface area contributed by atoms with Crippen molar-refractivity contribution in [2.24, 2.45) is 0 Å². The Labute approximate surface area is 157 Å². The summed E-state index contributed by atoms with van der Waals surface area (Å²) in [4.78, 5) is 6.66. The van der Waals surface area contributed by atoms with Crippen LogP contribution in [0.3, 0.4) is 0 Å². The Morgan fingerprint density at radius 2 is 1.48 bits per heavy atom. The van der Waals surface area contributed by atoms with Crippen LogP contribution in [0.2, 0.25) is 0 Å². The highest BCUT2D eigenvalue weighted by Gasteiger charge is 2.16. The van der Waals surface area contributed by atoms with E-state index in [-0.39, 0.29) is 5.62 Å². The molecule has 0 saturated heterocycles. The first kappa shape index (κ1) is 16.7. The molecular formula is C22H19N5. The van der Waals surface area contributed by atoms with Gasteiger partial charge in [0.1, 0.15) is 5.82 Å². The van der Waals surface area contributed by atoms with Crippen LogP contribution < -0.4 is 10.5 Å². The maximum atomic E-state index is 8.30. The first-order valence-electron chi connectivity index (χ1n) is 8.71. The molecule has 1 aromatic heterocycles. The highest BCUT2D eigenvalue weighted by molar-refractivity contribution is 5.94. The number of nitrogens with zero attached hydrogens (tertiary/aromatic N) is 3. The van der Waals surface area contributed by atoms with Crippen molar-refractivity contribution in [3.8, 4) is 0 Å². The van der Waals surface area contributed by atoms with Crippen LogP contribution in [0.1, 0.15) is 5.56 Å². The molecule has 5 heteroatoms. The van der Waals surface area contributed by atoms with Gasteiger partial charge < -0.3 is 4.90 Å². The minimum absolute atomic E-state index is 0.0349. The van der Waals surface area contributed by atoms with Gasteiger partial charge in [-0.2, -0.15) is 4.98 Å². The van der Waals surface area contributed by atoms with Gasteiger partial charge in [-0.3, -0.25) is 15.4 Å². The quantitative estimate of drug-likeness (QED) is 0.415. The van der Waals surface area contributed by atoms with Gasteiger partial charge in [0, 0.05) is 17.6 Å². The number of nitrogens with one attached hydrogen (secondary N) is 2. The topological polar surface area (TPSA) is 68.8 Å². The Kier molecular flexibility index (Phi) is 4.49. The molecule has 0 saturated carbocycles. The number of hydrogen-bond acceptors (Lipinski definition) is 4. The van der Waals surface area contributed by atoms with Gasteiger partial charge in [-0.15, -0.1) is 0 Å². The van der Waals surface area contributed by atoms with Gasteiger partial charge in [-0.1, -0.05) is 60.7 Å². The monoisotopic (exact) mass is 353 g/mol. The molecule has 4 aromatic rings. The summed E-state index contributed by atoms with van der Waals surface area (Å²) in [5.41, 5.74) is 2.98. The summed E-state index contributed by atoms with van der Waals surface area (Å²) in [6.07, 6.45) is 1.13. The molecule has 0 aliphatic carbocycles. The number of rotatable bonds is 5. The summed E-state index contributed by atoms with van der Waals surface area (Å²) in [7, 11) is 0. The van der Waals surface area contributed by atoms with Crippen molar-refractivity contribution in [1.29, 1.82) is 10.8 Å². The molecule has 0 amide bonds. The highest BCUT2D eigenvalue weighted by atomic mass is 15.2. The summed E-state index contributed by atoms with van der Waals surface area (Å²) < 4.78 is 1.48. The first-order chi connectivity index (χ1) is 13.3. The fourth-order valence-electron chi connectivity index (χ4n) is 3.20. The Morgan fingerprint density at radius 3 is 2.19 bits per heavy atom. The molecule has 132 valence electrons. The van der Waals surface area contributed by atoms with Gasteiger partial charge in [0.15, 0.2) is 0 Å². The Hall–Kier alpha value is -3.73. The van der Waals surface area contributed by atoms with E-state index in [0.717, 1.165) is 28.5 Å². The highest BCUT2D eigenvalue weighted by Crippen LogP contribution is 2.30.